The lowest BCUT2D eigenvalue weighted by atomic mass is 10.5. The first-order chi connectivity index (χ1) is 4.91. The first-order valence-electron chi connectivity index (χ1n) is 3.60. The Bertz CT molecular complexity index is 56.4. The van der Waals surface area contributed by atoms with Crippen molar-refractivity contribution in [3.8, 4) is 0 Å². The lowest BCUT2D eigenvalue weighted by molar-refractivity contribution is -0.106. The van der Waals surface area contributed by atoms with Crippen molar-refractivity contribution in [2.45, 2.75) is 13.3 Å². The lowest BCUT2D eigenvalue weighted by Gasteiger charge is -1.91. The molecule has 0 spiro atoms. The van der Waals surface area contributed by atoms with Crippen LogP contribution >= 0.6 is 0 Å². The SMILES string of the molecule is C1CNCCOC1.CC=O. The molecule has 0 saturated carbocycles. The van der Waals surface area contributed by atoms with E-state index in [1.807, 2.05) is 0 Å². The Morgan fingerprint density at radius 1 is 1.40 bits per heavy atom. The molecule has 10 heavy (non-hydrogen) atoms. The zero-order valence-electron chi connectivity index (χ0n) is 6.43. The van der Waals surface area contributed by atoms with E-state index in [0.29, 0.717) is 0 Å². The molecule has 0 atom stereocenters. The second-order valence-corrected chi connectivity index (χ2v) is 1.95. The molecule has 0 aliphatic carbocycles. The molecule has 1 saturated heterocycles. The molecule has 1 rings (SSSR count). The van der Waals surface area contributed by atoms with E-state index in [0.717, 1.165) is 32.6 Å². The summed E-state index contributed by atoms with van der Waals surface area (Å²) < 4.78 is 5.13. The first-order valence-corrected chi connectivity index (χ1v) is 3.60. The van der Waals surface area contributed by atoms with Crippen molar-refractivity contribution < 1.29 is 9.53 Å². The summed E-state index contributed by atoms with van der Waals surface area (Å²) >= 11 is 0. The van der Waals surface area contributed by atoms with Crippen LogP contribution in [0.25, 0.3) is 0 Å². The van der Waals surface area contributed by atoms with E-state index in [2.05, 4.69) is 5.32 Å². The Kier molecular flexibility index (Phi) is 8.24. The Morgan fingerprint density at radius 3 is 2.80 bits per heavy atom. The van der Waals surface area contributed by atoms with Gasteiger partial charge in [0.25, 0.3) is 0 Å². The second-order valence-electron chi connectivity index (χ2n) is 1.95. The van der Waals surface area contributed by atoms with Gasteiger partial charge in [-0.3, -0.25) is 0 Å². The average molecular weight is 145 g/mol. The number of aldehydes is 1. The van der Waals surface area contributed by atoms with Crippen LogP contribution in [0.1, 0.15) is 13.3 Å². The summed E-state index contributed by atoms with van der Waals surface area (Å²) in [5, 5.41) is 3.22. The smallest absolute Gasteiger partial charge is 0.116 e. The van der Waals surface area contributed by atoms with Gasteiger partial charge in [0.05, 0.1) is 6.61 Å². The molecule has 0 aromatic rings. The third-order valence-corrected chi connectivity index (χ3v) is 1.07. The Labute approximate surface area is 61.8 Å². The zero-order chi connectivity index (χ0) is 7.66. The molecule has 1 N–H and O–H groups in total. The molecule has 0 bridgehead atoms. The molecule has 0 amide bonds. The highest BCUT2D eigenvalue weighted by Gasteiger charge is 1.93. The van der Waals surface area contributed by atoms with Crippen molar-refractivity contribution in [1.82, 2.24) is 5.32 Å². The van der Waals surface area contributed by atoms with Crippen molar-refractivity contribution in [2.75, 3.05) is 26.3 Å². The average Bonchev–Trinajstić information content (AvgIpc) is 2.17. The minimum absolute atomic E-state index is 0.750. The maximum atomic E-state index is 8.81. The van der Waals surface area contributed by atoms with Crippen LogP contribution in [-0.2, 0) is 9.53 Å². The van der Waals surface area contributed by atoms with E-state index >= 15 is 0 Å². The number of nitrogens with one attached hydrogen (secondary N) is 1. The van der Waals surface area contributed by atoms with E-state index in [9.17, 15) is 0 Å². The van der Waals surface area contributed by atoms with Gasteiger partial charge in [-0.25, -0.2) is 0 Å². The summed E-state index contributed by atoms with van der Waals surface area (Å²) in [7, 11) is 0. The maximum absolute atomic E-state index is 8.81. The van der Waals surface area contributed by atoms with Gasteiger partial charge in [0.1, 0.15) is 6.29 Å². The molecule has 60 valence electrons. The number of ether oxygens (including phenoxy) is 1. The van der Waals surface area contributed by atoms with E-state index in [4.69, 9.17) is 9.53 Å². The number of rotatable bonds is 0. The zero-order valence-corrected chi connectivity index (χ0v) is 6.43. The van der Waals surface area contributed by atoms with Gasteiger partial charge < -0.3 is 14.8 Å². The van der Waals surface area contributed by atoms with Crippen LogP contribution in [0, 0.1) is 0 Å². The number of carbonyl (C=O) groups is 1. The van der Waals surface area contributed by atoms with Crippen molar-refractivity contribution >= 4 is 6.29 Å². The van der Waals surface area contributed by atoms with Crippen LogP contribution < -0.4 is 5.32 Å². The standard InChI is InChI=1S/C5H11NO.C2H4O/c1-2-6-3-5-7-4-1;1-2-3/h6H,1-5H2;2H,1H3. The quantitative estimate of drug-likeness (QED) is 0.495. The van der Waals surface area contributed by atoms with Crippen molar-refractivity contribution in [2.24, 2.45) is 0 Å². The van der Waals surface area contributed by atoms with Gasteiger partial charge >= 0.3 is 0 Å². The summed E-state index contributed by atoms with van der Waals surface area (Å²) in [5.41, 5.74) is 0. The van der Waals surface area contributed by atoms with Gasteiger partial charge in [-0.2, -0.15) is 0 Å². The third kappa shape index (κ3) is 7.59. The van der Waals surface area contributed by atoms with E-state index < -0.39 is 0 Å². The van der Waals surface area contributed by atoms with Crippen LogP contribution in [0.4, 0.5) is 0 Å². The number of carbonyl (C=O) groups excluding carboxylic acids is 1. The predicted octanol–water partition coefficient (Wildman–Crippen LogP) is 0.202. The summed E-state index contributed by atoms with van der Waals surface area (Å²) in [6.07, 6.45) is 1.92. The van der Waals surface area contributed by atoms with Crippen LogP contribution in [0.3, 0.4) is 0 Å². The highest BCUT2D eigenvalue weighted by Crippen LogP contribution is 1.83. The van der Waals surface area contributed by atoms with Gasteiger partial charge in [0.2, 0.25) is 0 Å². The summed E-state index contributed by atoms with van der Waals surface area (Å²) in [6, 6.07) is 0. The molecule has 1 aliphatic rings. The van der Waals surface area contributed by atoms with Gasteiger partial charge in [0, 0.05) is 13.2 Å². The van der Waals surface area contributed by atoms with E-state index in [-0.39, 0.29) is 0 Å². The molecule has 1 fully saturated rings. The Hall–Kier alpha value is -0.410. The Morgan fingerprint density at radius 2 is 2.10 bits per heavy atom. The van der Waals surface area contributed by atoms with Crippen molar-refractivity contribution in [3.05, 3.63) is 0 Å². The molecule has 1 aliphatic heterocycles. The number of hydrogen-bond donors (Lipinski definition) is 1. The summed E-state index contributed by atoms with van der Waals surface area (Å²) in [6.45, 7) is 5.42. The van der Waals surface area contributed by atoms with Crippen molar-refractivity contribution in [3.63, 3.8) is 0 Å². The Balaban J connectivity index is 0.000000236. The molecule has 3 nitrogen and oxygen atoms in total. The third-order valence-electron chi connectivity index (χ3n) is 1.07. The molecule has 0 aromatic carbocycles. The van der Waals surface area contributed by atoms with Crippen molar-refractivity contribution in [1.29, 1.82) is 0 Å². The van der Waals surface area contributed by atoms with Crippen LogP contribution in [-0.4, -0.2) is 32.6 Å². The summed E-state index contributed by atoms with van der Waals surface area (Å²) in [5.74, 6) is 0. The fraction of sp³-hybridized carbons (Fsp3) is 0.857. The molecular formula is C7H15NO2. The van der Waals surface area contributed by atoms with Crippen LogP contribution in [0.2, 0.25) is 0 Å². The predicted molar refractivity (Wildman–Crippen MR) is 40.0 cm³/mol. The monoisotopic (exact) mass is 145 g/mol. The second kappa shape index (κ2) is 8.59. The van der Waals surface area contributed by atoms with Gasteiger partial charge in [-0.05, 0) is 19.9 Å². The van der Waals surface area contributed by atoms with Gasteiger partial charge in [-0.15, -0.1) is 0 Å². The minimum atomic E-state index is 0.750. The molecule has 0 unspecified atom stereocenters. The fourth-order valence-corrected chi connectivity index (χ4v) is 0.671. The molecule has 1 heterocycles. The van der Waals surface area contributed by atoms with Gasteiger partial charge in [0.15, 0.2) is 0 Å². The molecule has 0 radical (unpaired) electrons. The molecule has 0 aromatic heterocycles. The lowest BCUT2D eigenvalue weighted by Crippen LogP contribution is -2.15. The maximum Gasteiger partial charge on any atom is 0.116 e. The molecule has 3 heteroatoms. The van der Waals surface area contributed by atoms with E-state index in [1.165, 1.54) is 13.3 Å². The summed E-state index contributed by atoms with van der Waals surface area (Å²) in [4.78, 5) is 8.81. The van der Waals surface area contributed by atoms with Crippen LogP contribution in [0.15, 0.2) is 0 Å². The molecular weight excluding hydrogens is 130 g/mol. The van der Waals surface area contributed by atoms with Gasteiger partial charge in [-0.1, -0.05) is 0 Å². The first kappa shape index (κ1) is 9.59. The number of hydrogen-bond acceptors (Lipinski definition) is 3. The van der Waals surface area contributed by atoms with E-state index in [1.54, 1.807) is 0 Å². The topological polar surface area (TPSA) is 38.3 Å². The highest BCUT2D eigenvalue weighted by atomic mass is 16.5. The highest BCUT2D eigenvalue weighted by molar-refractivity contribution is 5.44. The largest absolute Gasteiger partial charge is 0.380 e. The normalized spacial score (nSPS) is 18.1. The minimum Gasteiger partial charge on any atom is -0.380 e. The fourth-order valence-electron chi connectivity index (χ4n) is 0.671. The van der Waals surface area contributed by atoms with Crippen LogP contribution in [0.5, 0.6) is 0 Å².